The summed E-state index contributed by atoms with van der Waals surface area (Å²) in [5, 5.41) is 11.7. The van der Waals surface area contributed by atoms with Crippen LogP contribution in [-0.2, 0) is 10.2 Å². The third-order valence-corrected chi connectivity index (χ3v) is 5.66. The summed E-state index contributed by atoms with van der Waals surface area (Å²) in [7, 11) is 0. The van der Waals surface area contributed by atoms with Crippen molar-refractivity contribution in [2.45, 2.75) is 51.4 Å². The van der Waals surface area contributed by atoms with E-state index < -0.39 is 0 Å². The molecule has 1 heterocycles. The number of thiophene rings is 1. The van der Waals surface area contributed by atoms with Crippen LogP contribution in [0, 0.1) is 0 Å². The average molecular weight is 351 g/mol. The maximum atomic E-state index is 11.6. The summed E-state index contributed by atoms with van der Waals surface area (Å²) in [6, 6.07) is 4.40. The molecule has 1 amide bonds. The normalized spacial score (nSPS) is 17.3. The summed E-state index contributed by atoms with van der Waals surface area (Å²) in [5.74, 6) is 0.686. The molecular weight excluding hydrogens is 320 g/mol. The highest BCUT2D eigenvalue weighted by atomic mass is 32.1. The van der Waals surface area contributed by atoms with Gasteiger partial charge < -0.3 is 16.0 Å². The quantitative estimate of drug-likeness (QED) is 0.523. The van der Waals surface area contributed by atoms with Gasteiger partial charge in [-0.2, -0.15) is 0 Å². The van der Waals surface area contributed by atoms with Crippen molar-refractivity contribution >= 4 is 23.2 Å². The second kappa shape index (κ2) is 9.67. The van der Waals surface area contributed by atoms with Crippen LogP contribution in [0.1, 0.15) is 50.8 Å². The maximum absolute atomic E-state index is 11.6. The fourth-order valence-electron chi connectivity index (χ4n) is 3.32. The summed E-state index contributed by atoms with van der Waals surface area (Å²) < 4.78 is 0. The molecule has 0 spiro atoms. The minimum absolute atomic E-state index is 0.0414. The van der Waals surface area contributed by atoms with Gasteiger partial charge in [0.2, 0.25) is 5.91 Å². The van der Waals surface area contributed by atoms with Gasteiger partial charge in [-0.25, -0.2) is 4.99 Å². The molecule has 6 heteroatoms. The lowest BCUT2D eigenvalue weighted by molar-refractivity contribution is -0.119. The number of hydrogen-bond acceptors (Lipinski definition) is 3. The molecule has 1 aromatic rings. The third kappa shape index (κ3) is 5.23. The van der Waals surface area contributed by atoms with E-state index in [1.54, 1.807) is 0 Å². The topological polar surface area (TPSA) is 65.5 Å². The zero-order valence-corrected chi connectivity index (χ0v) is 15.7. The van der Waals surface area contributed by atoms with Gasteiger partial charge in [-0.1, -0.05) is 25.3 Å². The lowest BCUT2D eigenvalue weighted by atomic mass is 9.73. The van der Waals surface area contributed by atoms with Crippen molar-refractivity contribution in [2.24, 2.45) is 4.99 Å². The van der Waals surface area contributed by atoms with Crippen LogP contribution in [0.25, 0.3) is 0 Å². The van der Waals surface area contributed by atoms with Crippen molar-refractivity contribution < 1.29 is 4.79 Å². The molecule has 0 saturated heterocycles. The lowest BCUT2D eigenvalue weighted by Crippen LogP contribution is -2.46. The zero-order chi connectivity index (χ0) is 17.3. The van der Waals surface area contributed by atoms with Crippen LogP contribution in [0.5, 0.6) is 0 Å². The molecule has 1 saturated carbocycles. The molecule has 0 atom stereocenters. The van der Waals surface area contributed by atoms with Crippen LogP contribution in [0.15, 0.2) is 22.5 Å². The van der Waals surface area contributed by atoms with Crippen molar-refractivity contribution in [3.05, 3.63) is 22.4 Å². The molecule has 2 rings (SSSR count). The fraction of sp³-hybridized carbons (Fsp3) is 0.667. The van der Waals surface area contributed by atoms with Gasteiger partial charge in [0.1, 0.15) is 6.54 Å². The molecule has 0 bridgehead atoms. The van der Waals surface area contributed by atoms with Crippen molar-refractivity contribution in [2.75, 3.05) is 26.2 Å². The molecular formula is C18H30N4OS. The third-order valence-electron chi connectivity index (χ3n) is 4.55. The molecule has 24 heavy (non-hydrogen) atoms. The molecule has 1 aromatic heterocycles. The molecule has 0 radical (unpaired) electrons. The van der Waals surface area contributed by atoms with Crippen LogP contribution in [0.2, 0.25) is 0 Å². The first kappa shape index (κ1) is 18.8. The second-order valence-corrected chi connectivity index (χ2v) is 7.27. The Kier molecular flexibility index (Phi) is 7.56. The molecule has 1 fully saturated rings. The highest BCUT2D eigenvalue weighted by molar-refractivity contribution is 7.10. The number of hydrogen-bond donors (Lipinski definition) is 3. The Hall–Kier alpha value is -1.56. The number of rotatable bonds is 7. The van der Waals surface area contributed by atoms with Gasteiger partial charge in [0.25, 0.3) is 0 Å². The van der Waals surface area contributed by atoms with Crippen LogP contribution in [-0.4, -0.2) is 38.0 Å². The predicted molar refractivity (Wildman–Crippen MR) is 102 cm³/mol. The number of nitrogens with one attached hydrogen (secondary N) is 3. The van der Waals surface area contributed by atoms with Gasteiger partial charge in [0.05, 0.1) is 0 Å². The minimum Gasteiger partial charge on any atom is -0.357 e. The largest absolute Gasteiger partial charge is 0.357 e. The molecule has 1 aliphatic carbocycles. The molecule has 134 valence electrons. The van der Waals surface area contributed by atoms with Gasteiger partial charge in [-0.15, -0.1) is 11.3 Å². The van der Waals surface area contributed by atoms with E-state index in [1.165, 1.54) is 37.0 Å². The summed E-state index contributed by atoms with van der Waals surface area (Å²) >= 11 is 1.85. The Morgan fingerprint density at radius 1 is 1.17 bits per heavy atom. The van der Waals surface area contributed by atoms with Gasteiger partial charge in [-0.05, 0) is 38.1 Å². The highest BCUT2D eigenvalue weighted by Gasteiger charge is 2.34. The maximum Gasteiger partial charge on any atom is 0.241 e. The first-order valence-corrected chi connectivity index (χ1v) is 9.91. The van der Waals surface area contributed by atoms with E-state index in [-0.39, 0.29) is 17.9 Å². The molecule has 5 nitrogen and oxygen atoms in total. The van der Waals surface area contributed by atoms with E-state index in [4.69, 9.17) is 0 Å². The van der Waals surface area contributed by atoms with Gasteiger partial charge in [0.15, 0.2) is 5.96 Å². The van der Waals surface area contributed by atoms with E-state index in [2.05, 4.69) is 38.5 Å². The van der Waals surface area contributed by atoms with Crippen LogP contribution < -0.4 is 16.0 Å². The summed E-state index contributed by atoms with van der Waals surface area (Å²) in [4.78, 5) is 17.5. The Morgan fingerprint density at radius 3 is 2.54 bits per heavy atom. The minimum atomic E-state index is -0.0414. The standard InChI is InChI=1S/C18H30N4OS/c1-3-19-16(23)13-21-17(20-4-2)22-14-18(10-6-5-7-11-18)15-9-8-12-24-15/h8-9,12H,3-7,10-11,13-14H2,1-2H3,(H,19,23)(H2,20,21,22). The SMILES string of the molecule is CCNC(=O)CN=C(NCC)NCC1(c2cccs2)CCCCC1. The van der Waals surface area contributed by atoms with E-state index in [0.29, 0.717) is 6.54 Å². The predicted octanol–water partition coefficient (Wildman–Crippen LogP) is 2.64. The molecule has 0 aliphatic heterocycles. The monoisotopic (exact) mass is 350 g/mol. The van der Waals surface area contributed by atoms with Gasteiger partial charge >= 0.3 is 0 Å². The Balaban J connectivity index is 2.02. The first-order valence-electron chi connectivity index (χ1n) is 9.03. The molecule has 0 unspecified atom stereocenters. The number of aliphatic imine (C=N–C) groups is 1. The summed E-state index contributed by atoms with van der Waals surface area (Å²) in [6.07, 6.45) is 6.34. The lowest BCUT2D eigenvalue weighted by Gasteiger charge is -2.37. The summed E-state index contributed by atoms with van der Waals surface area (Å²) in [5.41, 5.74) is 0.203. The Morgan fingerprint density at radius 2 is 1.92 bits per heavy atom. The average Bonchev–Trinajstić information content (AvgIpc) is 3.14. The first-order chi connectivity index (χ1) is 11.7. The van der Waals surface area contributed by atoms with Crippen molar-refractivity contribution in [1.82, 2.24) is 16.0 Å². The second-order valence-electron chi connectivity index (χ2n) is 6.32. The highest BCUT2D eigenvalue weighted by Crippen LogP contribution is 2.41. The molecule has 1 aliphatic rings. The van der Waals surface area contributed by atoms with Crippen LogP contribution in [0.4, 0.5) is 0 Å². The van der Waals surface area contributed by atoms with Crippen molar-refractivity contribution in [3.63, 3.8) is 0 Å². The van der Waals surface area contributed by atoms with Crippen LogP contribution in [0.3, 0.4) is 0 Å². The number of amides is 1. The Bertz CT molecular complexity index is 521. The Labute approximate surface area is 149 Å². The summed E-state index contributed by atoms with van der Waals surface area (Å²) in [6.45, 7) is 6.41. The van der Waals surface area contributed by atoms with E-state index in [9.17, 15) is 4.79 Å². The van der Waals surface area contributed by atoms with Gasteiger partial charge in [-0.3, -0.25) is 4.79 Å². The smallest absolute Gasteiger partial charge is 0.241 e. The van der Waals surface area contributed by atoms with E-state index >= 15 is 0 Å². The number of carbonyl (C=O) groups excluding carboxylic acids is 1. The van der Waals surface area contributed by atoms with E-state index in [1.807, 2.05) is 25.2 Å². The zero-order valence-electron chi connectivity index (χ0n) is 14.9. The van der Waals surface area contributed by atoms with Crippen molar-refractivity contribution in [1.29, 1.82) is 0 Å². The van der Waals surface area contributed by atoms with Crippen molar-refractivity contribution in [3.8, 4) is 0 Å². The number of carbonyl (C=O) groups is 1. The number of guanidine groups is 1. The van der Waals surface area contributed by atoms with E-state index in [0.717, 1.165) is 19.0 Å². The van der Waals surface area contributed by atoms with Crippen LogP contribution >= 0.6 is 11.3 Å². The van der Waals surface area contributed by atoms with Gasteiger partial charge in [0, 0.05) is 29.9 Å². The molecule has 0 aromatic carbocycles. The number of nitrogens with zero attached hydrogens (tertiary/aromatic N) is 1. The molecule has 3 N–H and O–H groups in total. The number of likely N-dealkylation sites (N-methyl/N-ethyl adjacent to an activating group) is 1. The fourth-order valence-corrected chi connectivity index (χ4v) is 4.30.